The number of aryl methyl sites for hydroxylation is 1. The highest BCUT2D eigenvalue weighted by Gasteiger charge is 2.44. The molecule has 1 saturated heterocycles. The van der Waals surface area contributed by atoms with Gasteiger partial charge in [-0.1, -0.05) is 6.92 Å². The van der Waals surface area contributed by atoms with E-state index >= 15 is 0 Å². The summed E-state index contributed by atoms with van der Waals surface area (Å²) in [5.74, 6) is 0.0119. The molecular formula is C10H15N3O2S. The second-order valence-electron chi connectivity index (χ2n) is 4.18. The van der Waals surface area contributed by atoms with Gasteiger partial charge in [0.1, 0.15) is 11.4 Å². The van der Waals surface area contributed by atoms with E-state index in [9.17, 15) is 9.90 Å². The lowest BCUT2D eigenvalue weighted by Gasteiger charge is -2.30. The highest BCUT2D eigenvalue weighted by atomic mass is 32.1. The van der Waals surface area contributed by atoms with E-state index in [0.717, 1.165) is 30.3 Å². The molecule has 2 rings (SSSR count). The number of anilines is 1. The van der Waals surface area contributed by atoms with Gasteiger partial charge in [-0.05, 0) is 19.8 Å². The molecule has 2 heterocycles. The van der Waals surface area contributed by atoms with Gasteiger partial charge < -0.3 is 10.0 Å². The zero-order valence-corrected chi connectivity index (χ0v) is 10.3. The molecule has 6 heteroatoms. The van der Waals surface area contributed by atoms with E-state index in [4.69, 9.17) is 0 Å². The highest BCUT2D eigenvalue weighted by molar-refractivity contribution is 7.09. The van der Waals surface area contributed by atoms with Crippen molar-refractivity contribution in [2.24, 2.45) is 0 Å². The lowest BCUT2D eigenvalue weighted by atomic mass is 10.00. The summed E-state index contributed by atoms with van der Waals surface area (Å²) >= 11 is 1.29. The van der Waals surface area contributed by atoms with Crippen LogP contribution < -0.4 is 4.90 Å². The molecule has 1 fully saturated rings. The van der Waals surface area contributed by atoms with Crippen LogP contribution in [0.25, 0.3) is 0 Å². The second kappa shape index (κ2) is 4.01. The van der Waals surface area contributed by atoms with Crippen LogP contribution in [0.15, 0.2) is 0 Å². The van der Waals surface area contributed by atoms with Gasteiger partial charge in [-0.25, -0.2) is 9.78 Å². The molecule has 1 aliphatic rings. The molecular weight excluding hydrogens is 226 g/mol. The smallest absolute Gasteiger partial charge is 0.329 e. The van der Waals surface area contributed by atoms with E-state index in [1.807, 2.05) is 11.8 Å². The number of aromatic nitrogens is 2. The van der Waals surface area contributed by atoms with Crippen molar-refractivity contribution in [2.45, 2.75) is 38.6 Å². The largest absolute Gasteiger partial charge is 0.480 e. The third-order valence-electron chi connectivity index (χ3n) is 3.11. The Kier molecular flexibility index (Phi) is 2.84. The van der Waals surface area contributed by atoms with E-state index < -0.39 is 11.5 Å². The van der Waals surface area contributed by atoms with Crippen LogP contribution in [0, 0.1) is 0 Å². The van der Waals surface area contributed by atoms with Crippen molar-refractivity contribution in [1.29, 1.82) is 0 Å². The average Bonchev–Trinajstić information content (AvgIpc) is 2.84. The topological polar surface area (TPSA) is 66.3 Å². The van der Waals surface area contributed by atoms with Crippen LogP contribution in [0.3, 0.4) is 0 Å². The lowest BCUT2D eigenvalue weighted by Crippen LogP contribution is -2.48. The van der Waals surface area contributed by atoms with Gasteiger partial charge in [0.2, 0.25) is 5.13 Å². The quantitative estimate of drug-likeness (QED) is 0.869. The predicted molar refractivity (Wildman–Crippen MR) is 61.9 cm³/mol. The van der Waals surface area contributed by atoms with Gasteiger partial charge >= 0.3 is 5.97 Å². The third-order valence-corrected chi connectivity index (χ3v) is 3.88. The highest BCUT2D eigenvalue weighted by Crippen LogP contribution is 2.35. The Morgan fingerprint density at radius 3 is 3.00 bits per heavy atom. The Hall–Kier alpha value is -1.17. The summed E-state index contributed by atoms with van der Waals surface area (Å²) in [6, 6.07) is 0. The number of carboxylic acids is 1. The lowest BCUT2D eigenvalue weighted by molar-refractivity contribution is -0.142. The molecule has 0 saturated carbocycles. The van der Waals surface area contributed by atoms with Crippen LogP contribution in [-0.4, -0.2) is 32.5 Å². The molecule has 1 aromatic heterocycles. The minimum Gasteiger partial charge on any atom is -0.480 e. The van der Waals surface area contributed by atoms with Crippen molar-refractivity contribution in [1.82, 2.24) is 9.36 Å². The van der Waals surface area contributed by atoms with Crippen LogP contribution in [0.5, 0.6) is 0 Å². The Morgan fingerprint density at radius 1 is 1.69 bits per heavy atom. The predicted octanol–water partition coefficient (Wildman–Crippen LogP) is 1.54. The molecule has 1 aromatic rings. The summed E-state index contributed by atoms with van der Waals surface area (Å²) in [6.07, 6.45) is 2.35. The van der Waals surface area contributed by atoms with E-state index in [0.29, 0.717) is 6.42 Å². The number of hydrogen-bond acceptors (Lipinski definition) is 5. The maximum absolute atomic E-state index is 11.3. The minimum atomic E-state index is -0.815. The SMILES string of the molecule is CCc1nsc(N2CCCC2(C)C(=O)O)n1. The molecule has 0 aromatic carbocycles. The molecule has 0 radical (unpaired) electrons. The van der Waals surface area contributed by atoms with Crippen LogP contribution in [0.4, 0.5) is 5.13 Å². The first-order valence-electron chi connectivity index (χ1n) is 5.41. The Bertz CT molecular complexity index is 407. The van der Waals surface area contributed by atoms with Crippen molar-refractivity contribution < 1.29 is 9.90 Å². The molecule has 16 heavy (non-hydrogen) atoms. The fourth-order valence-electron chi connectivity index (χ4n) is 1.99. The molecule has 0 bridgehead atoms. The first-order valence-corrected chi connectivity index (χ1v) is 6.19. The number of carbonyl (C=O) groups is 1. The number of hydrogen-bond donors (Lipinski definition) is 1. The fourth-order valence-corrected chi connectivity index (χ4v) is 2.88. The van der Waals surface area contributed by atoms with Crippen molar-refractivity contribution in [2.75, 3.05) is 11.4 Å². The van der Waals surface area contributed by atoms with Crippen LogP contribution >= 0.6 is 11.5 Å². The van der Waals surface area contributed by atoms with Gasteiger partial charge in [-0.2, -0.15) is 4.37 Å². The van der Waals surface area contributed by atoms with Crippen molar-refractivity contribution in [3.8, 4) is 0 Å². The summed E-state index contributed by atoms with van der Waals surface area (Å²) < 4.78 is 4.20. The standard InChI is InChI=1S/C10H15N3O2S/c1-3-7-11-9(16-12-7)13-6-4-5-10(13,2)8(14)15/h3-6H2,1-2H3,(H,14,15). The van der Waals surface area contributed by atoms with Crippen LogP contribution in [0.2, 0.25) is 0 Å². The number of aliphatic carboxylic acids is 1. The Balaban J connectivity index is 2.29. The summed E-state index contributed by atoms with van der Waals surface area (Å²) in [4.78, 5) is 17.5. The van der Waals surface area contributed by atoms with Gasteiger partial charge in [-0.3, -0.25) is 0 Å². The normalized spacial score (nSPS) is 25.0. The maximum atomic E-state index is 11.3. The second-order valence-corrected chi connectivity index (χ2v) is 4.91. The summed E-state index contributed by atoms with van der Waals surface area (Å²) in [5, 5.41) is 10.0. The van der Waals surface area contributed by atoms with E-state index in [1.165, 1.54) is 11.5 Å². The molecule has 1 aliphatic heterocycles. The third kappa shape index (κ3) is 1.67. The summed E-state index contributed by atoms with van der Waals surface area (Å²) in [7, 11) is 0. The molecule has 1 unspecified atom stereocenters. The van der Waals surface area contributed by atoms with Gasteiger partial charge in [0.25, 0.3) is 0 Å². The molecule has 0 amide bonds. The summed E-state index contributed by atoms with van der Waals surface area (Å²) in [6.45, 7) is 4.50. The monoisotopic (exact) mass is 241 g/mol. The molecule has 0 aliphatic carbocycles. The van der Waals surface area contributed by atoms with Crippen molar-refractivity contribution in [3.63, 3.8) is 0 Å². The Morgan fingerprint density at radius 2 is 2.44 bits per heavy atom. The van der Waals surface area contributed by atoms with E-state index in [-0.39, 0.29) is 0 Å². The zero-order chi connectivity index (χ0) is 11.8. The van der Waals surface area contributed by atoms with Crippen molar-refractivity contribution >= 4 is 22.6 Å². The molecule has 5 nitrogen and oxygen atoms in total. The molecule has 88 valence electrons. The average molecular weight is 241 g/mol. The molecule has 0 spiro atoms. The van der Waals surface area contributed by atoms with E-state index in [2.05, 4.69) is 9.36 Å². The number of nitrogens with zero attached hydrogens (tertiary/aromatic N) is 3. The minimum absolute atomic E-state index is 0.670. The van der Waals surface area contributed by atoms with Crippen LogP contribution in [0.1, 0.15) is 32.5 Å². The van der Waals surface area contributed by atoms with Gasteiger partial charge in [0.05, 0.1) is 0 Å². The van der Waals surface area contributed by atoms with Crippen LogP contribution in [-0.2, 0) is 11.2 Å². The number of rotatable bonds is 3. The van der Waals surface area contributed by atoms with Gasteiger partial charge in [0.15, 0.2) is 0 Å². The number of carboxylic acid groups (broad SMARTS) is 1. The van der Waals surface area contributed by atoms with Gasteiger partial charge in [-0.15, -0.1) is 0 Å². The summed E-state index contributed by atoms with van der Waals surface area (Å²) in [5.41, 5.74) is -0.815. The fraction of sp³-hybridized carbons (Fsp3) is 0.700. The van der Waals surface area contributed by atoms with E-state index in [1.54, 1.807) is 6.92 Å². The first-order chi connectivity index (χ1) is 7.58. The maximum Gasteiger partial charge on any atom is 0.329 e. The Labute approximate surface area is 98.3 Å². The van der Waals surface area contributed by atoms with Crippen molar-refractivity contribution in [3.05, 3.63) is 5.82 Å². The molecule has 1 N–H and O–H groups in total. The molecule has 1 atom stereocenters. The first kappa shape index (κ1) is 11.3. The van der Waals surface area contributed by atoms with Gasteiger partial charge in [0, 0.05) is 24.5 Å². The zero-order valence-electron chi connectivity index (χ0n) is 9.43.